The summed E-state index contributed by atoms with van der Waals surface area (Å²) in [6.45, 7) is 7.79. The van der Waals surface area contributed by atoms with Gasteiger partial charge in [-0.05, 0) is 32.7 Å². The predicted molar refractivity (Wildman–Crippen MR) is 75.0 cm³/mol. The van der Waals surface area contributed by atoms with Gasteiger partial charge in [-0.25, -0.2) is 0 Å². The van der Waals surface area contributed by atoms with Crippen molar-refractivity contribution in [1.82, 2.24) is 4.90 Å². The molecule has 0 heterocycles. The number of hydrogen-bond donors (Lipinski definition) is 1. The molecule has 4 heteroatoms. The predicted octanol–water partition coefficient (Wildman–Crippen LogP) is 1.91. The van der Waals surface area contributed by atoms with Gasteiger partial charge in [0.2, 0.25) is 0 Å². The van der Waals surface area contributed by atoms with E-state index >= 15 is 0 Å². The smallest absolute Gasteiger partial charge is 0.0487 e. The Morgan fingerprint density at radius 1 is 0.833 bits per heavy atom. The molecular weight excluding hydrogens is 230 g/mol. The van der Waals surface area contributed by atoms with Crippen molar-refractivity contribution in [2.75, 3.05) is 53.2 Å². The first kappa shape index (κ1) is 17.8. The average Bonchev–Trinajstić information content (AvgIpc) is 2.38. The van der Waals surface area contributed by atoms with Crippen molar-refractivity contribution in [3.8, 4) is 0 Å². The number of rotatable bonds is 14. The summed E-state index contributed by atoms with van der Waals surface area (Å²) in [6, 6.07) is 0. The Kier molecular flexibility index (Phi) is 14.8. The number of nitrogens with zero attached hydrogens (tertiary/aromatic N) is 1. The average molecular weight is 261 g/mol. The topological polar surface area (TPSA) is 41.9 Å². The molecule has 0 aromatic rings. The molecule has 0 aliphatic heterocycles. The molecule has 0 aliphatic rings. The lowest BCUT2D eigenvalue weighted by Crippen LogP contribution is -2.23. The van der Waals surface area contributed by atoms with Crippen molar-refractivity contribution in [3.63, 3.8) is 0 Å². The Morgan fingerprint density at radius 3 is 1.83 bits per heavy atom. The van der Waals surface area contributed by atoms with Gasteiger partial charge >= 0.3 is 0 Å². The van der Waals surface area contributed by atoms with Gasteiger partial charge in [0.25, 0.3) is 0 Å². The van der Waals surface area contributed by atoms with Crippen LogP contribution in [-0.4, -0.2) is 63.2 Å². The van der Waals surface area contributed by atoms with E-state index in [-0.39, 0.29) is 6.61 Å². The van der Waals surface area contributed by atoms with Gasteiger partial charge in [0.05, 0.1) is 0 Å². The third kappa shape index (κ3) is 13.9. The lowest BCUT2D eigenvalue weighted by Gasteiger charge is -2.16. The SMILES string of the molecule is CCCCOCCCN(C)CCCOCCCO. The van der Waals surface area contributed by atoms with E-state index in [4.69, 9.17) is 14.6 Å². The number of hydrogen-bond acceptors (Lipinski definition) is 4. The lowest BCUT2D eigenvalue weighted by atomic mass is 10.3. The van der Waals surface area contributed by atoms with E-state index in [9.17, 15) is 0 Å². The maximum Gasteiger partial charge on any atom is 0.0487 e. The molecule has 1 N–H and O–H groups in total. The van der Waals surface area contributed by atoms with Crippen LogP contribution in [0.5, 0.6) is 0 Å². The quantitative estimate of drug-likeness (QED) is 0.485. The molecule has 0 amide bonds. The minimum absolute atomic E-state index is 0.220. The van der Waals surface area contributed by atoms with Gasteiger partial charge in [-0.3, -0.25) is 0 Å². The molecule has 0 aliphatic carbocycles. The molecule has 0 spiro atoms. The van der Waals surface area contributed by atoms with Gasteiger partial charge in [-0.1, -0.05) is 13.3 Å². The van der Waals surface area contributed by atoms with Crippen LogP contribution in [0.1, 0.15) is 39.0 Å². The lowest BCUT2D eigenvalue weighted by molar-refractivity contribution is 0.103. The van der Waals surface area contributed by atoms with E-state index in [1.165, 1.54) is 12.8 Å². The summed E-state index contributed by atoms with van der Waals surface area (Å²) in [6.07, 6.45) is 5.27. The molecule has 0 radical (unpaired) electrons. The Bertz CT molecular complexity index is 140. The van der Waals surface area contributed by atoms with Crippen LogP contribution in [0.4, 0.5) is 0 Å². The molecule has 0 aromatic heterocycles. The summed E-state index contributed by atoms with van der Waals surface area (Å²) in [5, 5.41) is 8.59. The van der Waals surface area contributed by atoms with Gasteiger partial charge in [0.15, 0.2) is 0 Å². The minimum Gasteiger partial charge on any atom is -0.396 e. The summed E-state index contributed by atoms with van der Waals surface area (Å²) in [7, 11) is 2.14. The van der Waals surface area contributed by atoms with Gasteiger partial charge in [-0.2, -0.15) is 0 Å². The second kappa shape index (κ2) is 14.9. The summed E-state index contributed by atoms with van der Waals surface area (Å²) in [5.74, 6) is 0. The zero-order valence-electron chi connectivity index (χ0n) is 12.2. The summed E-state index contributed by atoms with van der Waals surface area (Å²) >= 11 is 0. The highest BCUT2D eigenvalue weighted by molar-refractivity contribution is 4.51. The van der Waals surface area contributed by atoms with Crippen LogP contribution in [-0.2, 0) is 9.47 Å². The molecule has 0 aromatic carbocycles. The second-order valence-corrected chi connectivity index (χ2v) is 4.67. The van der Waals surface area contributed by atoms with E-state index in [0.717, 1.165) is 52.2 Å². The fourth-order valence-corrected chi connectivity index (χ4v) is 1.60. The van der Waals surface area contributed by atoms with Crippen molar-refractivity contribution in [1.29, 1.82) is 0 Å². The number of aliphatic hydroxyl groups is 1. The largest absolute Gasteiger partial charge is 0.396 e. The highest BCUT2D eigenvalue weighted by atomic mass is 16.5. The van der Waals surface area contributed by atoms with Crippen LogP contribution in [0.25, 0.3) is 0 Å². The Labute approximate surface area is 112 Å². The van der Waals surface area contributed by atoms with Crippen LogP contribution in [0, 0.1) is 0 Å². The van der Waals surface area contributed by atoms with Crippen LogP contribution < -0.4 is 0 Å². The fourth-order valence-electron chi connectivity index (χ4n) is 1.60. The molecule has 0 bridgehead atoms. The van der Waals surface area contributed by atoms with Gasteiger partial charge in [0, 0.05) is 46.1 Å². The standard InChI is InChI=1S/C14H31NO3/c1-3-4-11-17-12-5-8-15(2)9-6-13-18-14-7-10-16/h16H,3-14H2,1-2H3. The van der Waals surface area contributed by atoms with Crippen LogP contribution in [0.3, 0.4) is 0 Å². The first-order chi connectivity index (χ1) is 8.81. The van der Waals surface area contributed by atoms with E-state index in [1.54, 1.807) is 0 Å². The molecule has 0 atom stereocenters. The monoisotopic (exact) mass is 261 g/mol. The molecule has 110 valence electrons. The molecule has 4 nitrogen and oxygen atoms in total. The summed E-state index contributed by atoms with van der Waals surface area (Å²) < 4.78 is 10.9. The van der Waals surface area contributed by atoms with Crippen molar-refractivity contribution in [3.05, 3.63) is 0 Å². The molecule has 0 rings (SSSR count). The fraction of sp³-hybridized carbons (Fsp3) is 1.00. The first-order valence-electron chi connectivity index (χ1n) is 7.26. The van der Waals surface area contributed by atoms with Crippen molar-refractivity contribution in [2.24, 2.45) is 0 Å². The third-order valence-corrected chi connectivity index (χ3v) is 2.75. The second-order valence-electron chi connectivity index (χ2n) is 4.67. The third-order valence-electron chi connectivity index (χ3n) is 2.75. The molecule has 0 fully saturated rings. The number of aliphatic hydroxyl groups excluding tert-OH is 1. The Hall–Kier alpha value is -0.160. The Balaban J connectivity index is 3.10. The zero-order chi connectivity index (χ0) is 13.5. The van der Waals surface area contributed by atoms with Crippen molar-refractivity contribution in [2.45, 2.75) is 39.0 Å². The highest BCUT2D eigenvalue weighted by Gasteiger charge is 1.98. The maximum absolute atomic E-state index is 8.59. The maximum atomic E-state index is 8.59. The highest BCUT2D eigenvalue weighted by Crippen LogP contribution is 1.94. The van der Waals surface area contributed by atoms with Gasteiger partial charge < -0.3 is 19.5 Å². The molecule has 0 saturated heterocycles. The first-order valence-corrected chi connectivity index (χ1v) is 7.26. The zero-order valence-corrected chi connectivity index (χ0v) is 12.2. The molecule has 0 saturated carbocycles. The van der Waals surface area contributed by atoms with Crippen LogP contribution >= 0.6 is 0 Å². The van der Waals surface area contributed by atoms with Crippen molar-refractivity contribution >= 4 is 0 Å². The number of ether oxygens (including phenoxy) is 2. The summed E-state index contributed by atoms with van der Waals surface area (Å²) in [4.78, 5) is 2.32. The van der Waals surface area contributed by atoms with Gasteiger partial charge in [0.1, 0.15) is 0 Å². The number of unbranched alkanes of at least 4 members (excludes halogenated alkanes) is 1. The van der Waals surface area contributed by atoms with Crippen LogP contribution in [0.2, 0.25) is 0 Å². The minimum atomic E-state index is 0.220. The molecular formula is C14H31NO3. The van der Waals surface area contributed by atoms with Crippen LogP contribution in [0.15, 0.2) is 0 Å². The van der Waals surface area contributed by atoms with E-state index in [1.807, 2.05) is 0 Å². The molecule has 18 heavy (non-hydrogen) atoms. The normalized spacial score (nSPS) is 11.3. The van der Waals surface area contributed by atoms with E-state index in [2.05, 4.69) is 18.9 Å². The summed E-state index contributed by atoms with van der Waals surface area (Å²) in [5.41, 5.74) is 0. The van der Waals surface area contributed by atoms with Gasteiger partial charge in [-0.15, -0.1) is 0 Å². The van der Waals surface area contributed by atoms with E-state index in [0.29, 0.717) is 6.61 Å². The van der Waals surface area contributed by atoms with E-state index < -0.39 is 0 Å². The Morgan fingerprint density at radius 2 is 1.33 bits per heavy atom. The van der Waals surface area contributed by atoms with Crippen molar-refractivity contribution < 1.29 is 14.6 Å². The molecule has 0 unspecified atom stereocenters.